The minimum Gasteiger partial charge on any atom is -0.504 e. The predicted molar refractivity (Wildman–Crippen MR) is 92.7 cm³/mol. The molecule has 4 N–H and O–H groups in total. The number of Topliss-reactive ketones (excluding diaryl/α,β-unsaturated/α-hetero) is 1. The van der Waals surface area contributed by atoms with E-state index in [0.717, 1.165) is 6.08 Å². The summed E-state index contributed by atoms with van der Waals surface area (Å²) in [6.45, 7) is 4.32. The Kier molecular flexibility index (Phi) is 5.33. The van der Waals surface area contributed by atoms with Crippen LogP contribution in [0.2, 0.25) is 0 Å². The molecule has 1 amide bonds. The SMILES string of the molecule is CC(C)CNC(=O)C1=C/c2cc(Br)c(O)c(O)c2CC(=O)/C(O)=C\1. The Labute approximate surface area is 147 Å². The number of nitrogens with one attached hydrogen (secondary N) is 1. The van der Waals surface area contributed by atoms with Crippen molar-refractivity contribution in [1.29, 1.82) is 0 Å². The summed E-state index contributed by atoms with van der Waals surface area (Å²) in [5.74, 6) is -2.29. The summed E-state index contributed by atoms with van der Waals surface area (Å²) in [6, 6.07) is 1.50. The number of benzene rings is 1. The van der Waals surface area contributed by atoms with Gasteiger partial charge in [0.25, 0.3) is 5.91 Å². The number of carbonyl (C=O) groups excluding carboxylic acids is 2. The molecule has 128 valence electrons. The van der Waals surface area contributed by atoms with Gasteiger partial charge in [-0.2, -0.15) is 0 Å². The summed E-state index contributed by atoms with van der Waals surface area (Å²) in [4.78, 5) is 24.3. The number of aliphatic hydroxyl groups is 1. The Bertz CT molecular complexity index is 765. The molecule has 6 nitrogen and oxygen atoms in total. The van der Waals surface area contributed by atoms with Gasteiger partial charge in [0.1, 0.15) is 0 Å². The van der Waals surface area contributed by atoms with Gasteiger partial charge in [0.2, 0.25) is 5.78 Å². The lowest BCUT2D eigenvalue weighted by molar-refractivity contribution is -0.117. The van der Waals surface area contributed by atoms with E-state index < -0.39 is 28.9 Å². The fourth-order valence-corrected chi connectivity index (χ4v) is 2.65. The average Bonchev–Trinajstić information content (AvgIpc) is 2.51. The lowest BCUT2D eigenvalue weighted by atomic mass is 9.94. The third kappa shape index (κ3) is 3.79. The second kappa shape index (κ2) is 7.09. The maximum Gasteiger partial charge on any atom is 0.251 e. The minimum atomic E-state index is -0.657. The fraction of sp³-hybridized carbons (Fsp3) is 0.294. The number of phenolic OH excluding ortho intramolecular Hbond substituents is 2. The topological polar surface area (TPSA) is 107 Å². The third-order valence-electron chi connectivity index (χ3n) is 3.53. The highest BCUT2D eigenvalue weighted by Crippen LogP contribution is 2.40. The van der Waals surface area contributed by atoms with Crippen molar-refractivity contribution in [3.8, 4) is 11.5 Å². The van der Waals surface area contributed by atoms with Crippen LogP contribution in [0.1, 0.15) is 25.0 Å². The monoisotopic (exact) mass is 395 g/mol. The van der Waals surface area contributed by atoms with Crippen molar-refractivity contribution in [2.45, 2.75) is 20.3 Å². The van der Waals surface area contributed by atoms with Crippen LogP contribution in [0.15, 0.2) is 27.9 Å². The highest BCUT2D eigenvalue weighted by atomic mass is 79.9. The van der Waals surface area contributed by atoms with Gasteiger partial charge in [-0.1, -0.05) is 13.8 Å². The highest BCUT2D eigenvalue weighted by molar-refractivity contribution is 9.10. The van der Waals surface area contributed by atoms with Gasteiger partial charge >= 0.3 is 0 Å². The number of fused-ring (bicyclic) bond motifs is 1. The number of hydrogen-bond donors (Lipinski definition) is 4. The summed E-state index contributed by atoms with van der Waals surface area (Å²) in [6.07, 6.45) is 2.28. The van der Waals surface area contributed by atoms with Crippen LogP contribution in [-0.4, -0.2) is 33.6 Å². The second-order valence-electron chi connectivity index (χ2n) is 5.96. The summed E-state index contributed by atoms with van der Waals surface area (Å²) in [5.41, 5.74) is 0.637. The number of ketones is 1. The summed E-state index contributed by atoms with van der Waals surface area (Å²) in [7, 11) is 0. The van der Waals surface area contributed by atoms with Crippen LogP contribution in [0.3, 0.4) is 0 Å². The molecule has 1 aromatic carbocycles. The largest absolute Gasteiger partial charge is 0.504 e. The van der Waals surface area contributed by atoms with E-state index >= 15 is 0 Å². The molecule has 0 saturated carbocycles. The second-order valence-corrected chi connectivity index (χ2v) is 6.81. The Hall–Kier alpha value is -2.28. The standard InChI is InChI=1S/C17H18BrNO5/c1-8(2)7-19-17(24)10-3-9-4-12(18)16(23)15(22)11(9)6-14(21)13(20)5-10/h3-5,8,20,22-23H,6-7H2,1-2H3,(H,19,24)/b10-3+,13-5+. The number of amides is 1. The van der Waals surface area contributed by atoms with Gasteiger partial charge in [-0.05, 0) is 45.6 Å². The van der Waals surface area contributed by atoms with Gasteiger partial charge in [0, 0.05) is 24.1 Å². The molecule has 1 aliphatic carbocycles. The summed E-state index contributed by atoms with van der Waals surface area (Å²) in [5, 5.41) is 32.5. The first kappa shape index (κ1) is 18.1. The zero-order valence-electron chi connectivity index (χ0n) is 13.3. The highest BCUT2D eigenvalue weighted by Gasteiger charge is 2.23. The van der Waals surface area contributed by atoms with Crippen molar-refractivity contribution in [3.63, 3.8) is 0 Å². The number of aromatic hydroxyl groups is 2. The van der Waals surface area contributed by atoms with Crippen LogP contribution in [0.4, 0.5) is 0 Å². The molecule has 0 heterocycles. The van der Waals surface area contributed by atoms with Gasteiger partial charge < -0.3 is 20.6 Å². The molecular weight excluding hydrogens is 378 g/mol. The van der Waals surface area contributed by atoms with Gasteiger partial charge in [-0.15, -0.1) is 0 Å². The van der Waals surface area contributed by atoms with Crippen LogP contribution in [0.5, 0.6) is 11.5 Å². The van der Waals surface area contributed by atoms with E-state index in [-0.39, 0.29) is 27.9 Å². The van der Waals surface area contributed by atoms with Crippen molar-refractivity contribution < 1.29 is 24.9 Å². The number of halogens is 1. The van der Waals surface area contributed by atoms with Crippen molar-refractivity contribution in [2.75, 3.05) is 6.54 Å². The molecule has 7 heteroatoms. The predicted octanol–water partition coefficient (Wildman–Crippen LogP) is 2.58. The van der Waals surface area contributed by atoms with E-state index in [0.29, 0.717) is 12.1 Å². The maximum atomic E-state index is 12.3. The normalized spacial score (nSPS) is 18.8. The van der Waals surface area contributed by atoms with Crippen LogP contribution in [0, 0.1) is 5.92 Å². The number of phenols is 2. The lowest BCUT2D eigenvalue weighted by Crippen LogP contribution is -2.28. The molecule has 0 saturated heterocycles. The van der Waals surface area contributed by atoms with Gasteiger partial charge in [0.05, 0.1) is 4.47 Å². The van der Waals surface area contributed by atoms with Crippen LogP contribution in [-0.2, 0) is 16.0 Å². The Morgan fingerprint density at radius 2 is 1.92 bits per heavy atom. The van der Waals surface area contributed by atoms with Crippen molar-refractivity contribution in [2.24, 2.45) is 5.92 Å². The smallest absolute Gasteiger partial charge is 0.251 e. The van der Waals surface area contributed by atoms with Crippen LogP contribution < -0.4 is 5.32 Å². The first-order chi connectivity index (χ1) is 11.2. The first-order valence-corrected chi connectivity index (χ1v) is 8.17. The van der Waals surface area contributed by atoms with Crippen molar-refractivity contribution in [3.05, 3.63) is 39.1 Å². The van der Waals surface area contributed by atoms with Crippen LogP contribution >= 0.6 is 15.9 Å². The molecule has 0 fully saturated rings. The zero-order chi connectivity index (χ0) is 18.0. The summed E-state index contributed by atoms with van der Waals surface area (Å²) >= 11 is 3.11. The Balaban J connectivity index is 2.56. The summed E-state index contributed by atoms with van der Waals surface area (Å²) < 4.78 is 0.234. The average molecular weight is 396 g/mol. The molecule has 0 spiro atoms. The number of carbonyl (C=O) groups is 2. The Morgan fingerprint density at radius 3 is 2.54 bits per heavy atom. The molecule has 0 radical (unpaired) electrons. The van der Waals surface area contributed by atoms with E-state index in [4.69, 9.17) is 0 Å². The molecule has 0 aliphatic heterocycles. The molecule has 2 rings (SSSR count). The van der Waals surface area contributed by atoms with E-state index in [1.807, 2.05) is 13.8 Å². The van der Waals surface area contributed by atoms with E-state index in [9.17, 15) is 24.9 Å². The maximum absolute atomic E-state index is 12.3. The quantitative estimate of drug-likeness (QED) is 0.588. The van der Waals surface area contributed by atoms with Crippen molar-refractivity contribution in [1.82, 2.24) is 5.32 Å². The minimum absolute atomic E-state index is 0.0828. The molecule has 1 aliphatic rings. The molecular formula is C17H18BrNO5. The molecule has 0 bridgehead atoms. The zero-order valence-corrected chi connectivity index (χ0v) is 14.8. The molecule has 24 heavy (non-hydrogen) atoms. The molecule has 1 aromatic rings. The van der Waals surface area contributed by atoms with Gasteiger partial charge in [0.15, 0.2) is 17.3 Å². The van der Waals surface area contributed by atoms with E-state index in [1.165, 1.54) is 12.1 Å². The molecule has 0 aromatic heterocycles. The Morgan fingerprint density at radius 1 is 1.25 bits per heavy atom. The fourth-order valence-electron chi connectivity index (χ4n) is 2.22. The van der Waals surface area contributed by atoms with Gasteiger partial charge in [-0.25, -0.2) is 0 Å². The third-order valence-corrected chi connectivity index (χ3v) is 4.13. The van der Waals surface area contributed by atoms with E-state index in [2.05, 4.69) is 21.2 Å². The van der Waals surface area contributed by atoms with E-state index in [1.54, 1.807) is 0 Å². The first-order valence-electron chi connectivity index (χ1n) is 7.37. The molecule has 0 unspecified atom stereocenters. The molecule has 0 atom stereocenters. The van der Waals surface area contributed by atoms with Crippen molar-refractivity contribution >= 4 is 33.7 Å². The lowest BCUT2D eigenvalue weighted by Gasteiger charge is -2.15. The number of hydrogen-bond acceptors (Lipinski definition) is 5. The number of allylic oxidation sites excluding steroid dienone is 1. The van der Waals surface area contributed by atoms with Crippen LogP contribution in [0.25, 0.3) is 6.08 Å². The van der Waals surface area contributed by atoms with Gasteiger partial charge in [-0.3, -0.25) is 9.59 Å². The number of aliphatic hydroxyl groups excluding tert-OH is 1. The number of rotatable bonds is 3.